The molecule has 0 aromatic heterocycles. The Morgan fingerprint density at radius 3 is 2.58 bits per heavy atom. The number of hydrogen-bond donors (Lipinski definition) is 2. The fraction of sp³-hybridized carbons (Fsp3) is 0.556. The molecule has 5 nitrogen and oxygen atoms in total. The number of para-hydroxylation sites is 1. The first-order valence-electron chi connectivity index (χ1n) is 8.74. The first-order valence-corrected chi connectivity index (χ1v) is 9.12. The van der Waals surface area contributed by atoms with Gasteiger partial charge in [-0.1, -0.05) is 43.0 Å². The summed E-state index contributed by atoms with van der Waals surface area (Å²) in [6.45, 7) is 1.33. The molecular weight excluding hydrogens is 326 g/mol. The molecule has 1 heterocycles. The van der Waals surface area contributed by atoms with E-state index in [0.717, 1.165) is 38.6 Å². The van der Waals surface area contributed by atoms with Gasteiger partial charge in [-0.3, -0.25) is 4.79 Å². The van der Waals surface area contributed by atoms with Crippen LogP contribution < -0.4 is 10.6 Å². The van der Waals surface area contributed by atoms with Crippen LogP contribution in [-0.2, 0) is 4.79 Å². The van der Waals surface area contributed by atoms with Crippen molar-refractivity contribution < 1.29 is 9.59 Å². The number of amides is 3. The van der Waals surface area contributed by atoms with Crippen LogP contribution in [0.5, 0.6) is 0 Å². The SMILES string of the molecule is O=C(Nc1ccccc1Cl)NC1CCN(C(=O)C2CCCCC2)C1. The van der Waals surface area contributed by atoms with Gasteiger partial charge in [-0.05, 0) is 31.4 Å². The van der Waals surface area contributed by atoms with Crippen LogP contribution in [-0.4, -0.2) is 36.0 Å². The molecule has 0 spiro atoms. The van der Waals surface area contributed by atoms with Crippen LogP contribution in [0, 0.1) is 5.92 Å². The number of urea groups is 1. The summed E-state index contributed by atoms with van der Waals surface area (Å²) in [6, 6.07) is 6.85. The molecule has 3 rings (SSSR count). The molecule has 2 fully saturated rings. The van der Waals surface area contributed by atoms with E-state index in [1.807, 2.05) is 17.0 Å². The Kier molecular flexibility index (Phi) is 5.61. The van der Waals surface area contributed by atoms with Crippen molar-refractivity contribution in [2.24, 2.45) is 5.92 Å². The topological polar surface area (TPSA) is 61.4 Å². The number of carbonyl (C=O) groups excluding carboxylic acids is 2. The molecule has 130 valence electrons. The molecule has 1 saturated heterocycles. The van der Waals surface area contributed by atoms with E-state index < -0.39 is 0 Å². The second kappa shape index (κ2) is 7.88. The molecule has 24 heavy (non-hydrogen) atoms. The first kappa shape index (κ1) is 17.1. The van der Waals surface area contributed by atoms with Crippen LogP contribution >= 0.6 is 11.6 Å². The van der Waals surface area contributed by atoms with Gasteiger partial charge in [-0.25, -0.2) is 4.79 Å². The Morgan fingerprint density at radius 1 is 1.08 bits per heavy atom. The molecule has 1 aliphatic heterocycles. The molecule has 2 N–H and O–H groups in total. The van der Waals surface area contributed by atoms with Gasteiger partial charge in [0.1, 0.15) is 0 Å². The van der Waals surface area contributed by atoms with Gasteiger partial charge in [-0.2, -0.15) is 0 Å². The highest BCUT2D eigenvalue weighted by molar-refractivity contribution is 6.33. The maximum atomic E-state index is 12.5. The van der Waals surface area contributed by atoms with E-state index in [-0.39, 0.29) is 23.9 Å². The van der Waals surface area contributed by atoms with E-state index in [2.05, 4.69) is 10.6 Å². The number of benzene rings is 1. The molecule has 1 aromatic rings. The average Bonchev–Trinajstić information content (AvgIpc) is 3.05. The van der Waals surface area contributed by atoms with Gasteiger partial charge in [-0.15, -0.1) is 0 Å². The molecule has 2 aliphatic rings. The number of hydrogen-bond acceptors (Lipinski definition) is 2. The lowest BCUT2D eigenvalue weighted by molar-refractivity contribution is -0.135. The minimum Gasteiger partial charge on any atom is -0.340 e. The summed E-state index contributed by atoms with van der Waals surface area (Å²) in [6.07, 6.45) is 6.39. The van der Waals surface area contributed by atoms with Crippen LogP contribution in [0.4, 0.5) is 10.5 Å². The maximum Gasteiger partial charge on any atom is 0.319 e. The molecule has 1 aromatic carbocycles. The van der Waals surface area contributed by atoms with Gasteiger partial charge in [0.25, 0.3) is 0 Å². The summed E-state index contributed by atoms with van der Waals surface area (Å²) in [4.78, 5) is 26.6. The number of nitrogens with zero attached hydrogens (tertiary/aromatic N) is 1. The fourth-order valence-corrected chi connectivity index (χ4v) is 3.78. The van der Waals surface area contributed by atoms with Crippen molar-refractivity contribution in [3.8, 4) is 0 Å². The summed E-state index contributed by atoms with van der Waals surface area (Å²) in [5, 5.41) is 6.21. The van der Waals surface area contributed by atoms with Crippen molar-refractivity contribution in [1.82, 2.24) is 10.2 Å². The molecule has 3 amide bonds. The second-order valence-electron chi connectivity index (χ2n) is 6.68. The largest absolute Gasteiger partial charge is 0.340 e. The van der Waals surface area contributed by atoms with E-state index in [1.165, 1.54) is 6.42 Å². The average molecular weight is 350 g/mol. The monoisotopic (exact) mass is 349 g/mol. The van der Waals surface area contributed by atoms with Crippen LogP contribution in [0.15, 0.2) is 24.3 Å². The second-order valence-corrected chi connectivity index (χ2v) is 7.09. The van der Waals surface area contributed by atoms with Crippen molar-refractivity contribution >= 4 is 29.2 Å². The van der Waals surface area contributed by atoms with Crippen molar-refractivity contribution in [1.29, 1.82) is 0 Å². The van der Waals surface area contributed by atoms with E-state index in [9.17, 15) is 9.59 Å². The van der Waals surface area contributed by atoms with Crippen LogP contribution in [0.2, 0.25) is 5.02 Å². The molecular formula is C18H24ClN3O2. The Labute approximate surface area is 147 Å². The standard InChI is InChI=1S/C18H24ClN3O2/c19-15-8-4-5-9-16(15)21-18(24)20-14-10-11-22(12-14)17(23)13-6-2-1-3-7-13/h4-5,8-9,13-14H,1-3,6-7,10-12H2,(H2,20,21,24). The van der Waals surface area contributed by atoms with Crippen molar-refractivity contribution in [2.45, 2.75) is 44.6 Å². The van der Waals surface area contributed by atoms with E-state index in [1.54, 1.807) is 12.1 Å². The molecule has 6 heteroatoms. The van der Waals surface area contributed by atoms with Gasteiger partial charge >= 0.3 is 6.03 Å². The zero-order chi connectivity index (χ0) is 16.9. The molecule has 0 bridgehead atoms. The van der Waals surface area contributed by atoms with Crippen LogP contribution in [0.3, 0.4) is 0 Å². The number of nitrogens with one attached hydrogen (secondary N) is 2. The lowest BCUT2D eigenvalue weighted by atomic mass is 9.88. The Balaban J connectivity index is 1.48. The predicted octanol–water partition coefficient (Wildman–Crippen LogP) is 3.64. The van der Waals surface area contributed by atoms with Gasteiger partial charge in [0.15, 0.2) is 0 Å². The number of anilines is 1. The third-order valence-electron chi connectivity index (χ3n) is 4.91. The minimum absolute atomic E-state index is 0.0000262. The molecule has 0 radical (unpaired) electrons. The third kappa shape index (κ3) is 4.20. The first-order chi connectivity index (χ1) is 11.6. The van der Waals surface area contributed by atoms with Crippen molar-refractivity contribution in [3.05, 3.63) is 29.3 Å². The van der Waals surface area contributed by atoms with Gasteiger partial charge in [0.05, 0.1) is 10.7 Å². The number of halogens is 1. The summed E-state index contributed by atoms with van der Waals surface area (Å²) in [7, 11) is 0. The zero-order valence-corrected chi connectivity index (χ0v) is 14.5. The molecule has 1 saturated carbocycles. The van der Waals surface area contributed by atoms with Crippen molar-refractivity contribution in [3.63, 3.8) is 0 Å². The summed E-state index contributed by atoms with van der Waals surface area (Å²) < 4.78 is 0. The summed E-state index contributed by atoms with van der Waals surface area (Å²) >= 11 is 6.04. The third-order valence-corrected chi connectivity index (χ3v) is 5.24. The van der Waals surface area contributed by atoms with Crippen molar-refractivity contribution in [2.75, 3.05) is 18.4 Å². The number of carbonyl (C=O) groups is 2. The smallest absolute Gasteiger partial charge is 0.319 e. The Morgan fingerprint density at radius 2 is 1.83 bits per heavy atom. The molecule has 1 unspecified atom stereocenters. The van der Waals surface area contributed by atoms with Crippen LogP contribution in [0.1, 0.15) is 38.5 Å². The van der Waals surface area contributed by atoms with E-state index in [4.69, 9.17) is 11.6 Å². The highest BCUT2D eigenvalue weighted by Gasteiger charge is 2.32. The van der Waals surface area contributed by atoms with E-state index >= 15 is 0 Å². The number of rotatable bonds is 3. The van der Waals surface area contributed by atoms with Crippen LogP contribution in [0.25, 0.3) is 0 Å². The van der Waals surface area contributed by atoms with Gasteiger partial charge in [0, 0.05) is 25.0 Å². The predicted molar refractivity (Wildman–Crippen MR) is 95.2 cm³/mol. The Hall–Kier alpha value is -1.75. The Bertz CT molecular complexity index is 602. The highest BCUT2D eigenvalue weighted by atomic mass is 35.5. The minimum atomic E-state index is -0.278. The maximum absolute atomic E-state index is 12.5. The summed E-state index contributed by atoms with van der Waals surface area (Å²) in [5.74, 6) is 0.458. The fourth-order valence-electron chi connectivity index (χ4n) is 3.59. The lowest BCUT2D eigenvalue weighted by Gasteiger charge is -2.26. The quantitative estimate of drug-likeness (QED) is 0.875. The zero-order valence-electron chi connectivity index (χ0n) is 13.8. The normalized spacial score (nSPS) is 21.5. The highest BCUT2D eigenvalue weighted by Crippen LogP contribution is 2.27. The van der Waals surface area contributed by atoms with Gasteiger partial charge < -0.3 is 15.5 Å². The summed E-state index contributed by atoms with van der Waals surface area (Å²) in [5.41, 5.74) is 0.588. The van der Waals surface area contributed by atoms with E-state index in [0.29, 0.717) is 17.3 Å². The molecule has 1 atom stereocenters. The lowest BCUT2D eigenvalue weighted by Crippen LogP contribution is -2.42. The van der Waals surface area contributed by atoms with Gasteiger partial charge in [0.2, 0.25) is 5.91 Å². The number of likely N-dealkylation sites (tertiary alicyclic amines) is 1. The molecule has 1 aliphatic carbocycles.